The lowest BCUT2D eigenvalue weighted by Crippen LogP contribution is -2.25. The summed E-state index contributed by atoms with van der Waals surface area (Å²) in [6.45, 7) is 8.42. The maximum Gasteiger partial charge on any atom is 0.254 e. The molecular weight excluding hydrogens is 318 g/mol. The lowest BCUT2D eigenvalue weighted by atomic mass is 10.0. The first-order valence-corrected chi connectivity index (χ1v) is 9.25. The van der Waals surface area contributed by atoms with Gasteiger partial charge in [0.25, 0.3) is 5.88 Å². The van der Waals surface area contributed by atoms with Crippen LogP contribution in [0.1, 0.15) is 48.3 Å². The van der Waals surface area contributed by atoms with E-state index in [0.717, 1.165) is 31.6 Å². The molecule has 2 aromatic rings. The first-order chi connectivity index (χ1) is 11.6. The second-order valence-corrected chi connectivity index (χ2v) is 7.06. The van der Waals surface area contributed by atoms with Gasteiger partial charge in [-0.05, 0) is 56.0 Å². The number of benzene rings is 1. The van der Waals surface area contributed by atoms with Gasteiger partial charge in [0.1, 0.15) is 11.8 Å². The molecule has 0 amide bonds. The van der Waals surface area contributed by atoms with Crippen molar-refractivity contribution in [3.8, 4) is 5.88 Å². The van der Waals surface area contributed by atoms with Gasteiger partial charge in [0.2, 0.25) is 0 Å². The Labute approximate surface area is 148 Å². The van der Waals surface area contributed by atoms with Crippen LogP contribution in [0.2, 0.25) is 0 Å². The highest BCUT2D eigenvalue weighted by Crippen LogP contribution is 2.32. The van der Waals surface area contributed by atoms with Gasteiger partial charge in [-0.25, -0.2) is 0 Å². The van der Waals surface area contributed by atoms with Gasteiger partial charge in [-0.2, -0.15) is 4.37 Å². The minimum atomic E-state index is 0.00821. The van der Waals surface area contributed by atoms with Crippen molar-refractivity contribution in [2.24, 2.45) is 0 Å². The van der Waals surface area contributed by atoms with Crippen LogP contribution in [0.15, 0.2) is 24.3 Å². The Morgan fingerprint density at radius 3 is 2.79 bits per heavy atom. The molecule has 0 saturated heterocycles. The predicted molar refractivity (Wildman–Crippen MR) is 99.6 cm³/mol. The molecule has 0 saturated carbocycles. The molecule has 128 valence electrons. The zero-order chi connectivity index (χ0) is 17.1. The van der Waals surface area contributed by atoms with E-state index in [9.17, 15) is 0 Å². The number of hydrogen-bond donors (Lipinski definition) is 0. The lowest BCUT2D eigenvalue weighted by Gasteiger charge is -2.23. The summed E-state index contributed by atoms with van der Waals surface area (Å²) in [5.74, 6) is 0.673. The molecule has 1 unspecified atom stereocenters. The fraction of sp³-hybridized carbons (Fsp3) is 0.474. The third-order valence-corrected chi connectivity index (χ3v) is 5.14. The van der Waals surface area contributed by atoms with Gasteiger partial charge >= 0.3 is 0 Å². The summed E-state index contributed by atoms with van der Waals surface area (Å²) in [5, 5.41) is 0. The smallest absolute Gasteiger partial charge is 0.254 e. The monoisotopic (exact) mass is 343 g/mol. The van der Waals surface area contributed by atoms with Gasteiger partial charge in [-0.3, -0.25) is 0 Å². The van der Waals surface area contributed by atoms with Crippen molar-refractivity contribution in [3.05, 3.63) is 46.7 Å². The summed E-state index contributed by atoms with van der Waals surface area (Å²) < 4.78 is 15.2. The maximum absolute atomic E-state index is 6.28. The fourth-order valence-corrected chi connectivity index (χ4v) is 3.53. The van der Waals surface area contributed by atoms with E-state index < -0.39 is 0 Å². The number of ether oxygens (including phenoxy) is 1. The Kier molecular flexibility index (Phi) is 5.31. The molecule has 0 fully saturated rings. The number of likely N-dealkylation sites (N-methyl/N-ethyl adjacent to an activating group) is 1. The van der Waals surface area contributed by atoms with Crippen LogP contribution in [0.3, 0.4) is 0 Å². The van der Waals surface area contributed by atoms with Gasteiger partial charge in [-0.15, -0.1) is 4.37 Å². The van der Waals surface area contributed by atoms with Crippen LogP contribution in [-0.4, -0.2) is 33.8 Å². The van der Waals surface area contributed by atoms with Gasteiger partial charge in [0, 0.05) is 13.1 Å². The molecule has 1 aromatic carbocycles. The van der Waals surface area contributed by atoms with Gasteiger partial charge in [-0.1, -0.05) is 31.2 Å². The third-order valence-electron chi connectivity index (χ3n) is 4.63. The topological polar surface area (TPSA) is 38.3 Å². The van der Waals surface area contributed by atoms with Gasteiger partial charge in [0.05, 0.1) is 11.7 Å². The second-order valence-electron chi connectivity index (χ2n) is 6.53. The minimum absolute atomic E-state index is 0.00821. The summed E-state index contributed by atoms with van der Waals surface area (Å²) >= 11 is 1.23. The number of rotatable bonds is 5. The minimum Gasteiger partial charge on any atom is -0.467 e. The molecule has 1 aliphatic rings. The number of aromatic nitrogens is 2. The molecule has 0 N–H and O–H groups in total. The zero-order valence-corrected chi connectivity index (χ0v) is 15.7. The Balaban J connectivity index is 1.83. The van der Waals surface area contributed by atoms with E-state index in [1.54, 1.807) is 0 Å². The van der Waals surface area contributed by atoms with Crippen LogP contribution < -0.4 is 4.74 Å². The van der Waals surface area contributed by atoms with Crippen LogP contribution in [0.4, 0.5) is 0 Å². The molecule has 0 spiro atoms. The molecule has 0 bridgehead atoms. The largest absolute Gasteiger partial charge is 0.467 e. The highest BCUT2D eigenvalue weighted by molar-refractivity contribution is 6.99. The molecule has 24 heavy (non-hydrogen) atoms. The Morgan fingerprint density at radius 1 is 1.25 bits per heavy atom. The van der Waals surface area contributed by atoms with Crippen molar-refractivity contribution >= 4 is 17.3 Å². The van der Waals surface area contributed by atoms with E-state index in [-0.39, 0.29) is 6.10 Å². The van der Waals surface area contributed by atoms with Crippen molar-refractivity contribution in [1.82, 2.24) is 13.6 Å². The van der Waals surface area contributed by atoms with Crippen LogP contribution in [0, 0.1) is 13.8 Å². The predicted octanol–water partition coefficient (Wildman–Crippen LogP) is 4.40. The van der Waals surface area contributed by atoms with Crippen LogP contribution in [-0.2, 0) is 0 Å². The molecule has 0 radical (unpaired) electrons. The normalized spacial score (nSPS) is 16.8. The van der Waals surface area contributed by atoms with Crippen molar-refractivity contribution in [1.29, 1.82) is 0 Å². The standard InChI is InChI=1S/C19H25N3OS/c1-5-17(15-9-8-13(2)14(3)11-15)23-19-18(20-24-21-19)16-7-6-10-22(4)12-16/h7-9,11,17H,5-6,10,12H2,1-4H3. The first-order valence-electron chi connectivity index (χ1n) is 8.52. The van der Waals surface area contributed by atoms with Crippen molar-refractivity contribution < 1.29 is 4.74 Å². The summed E-state index contributed by atoms with van der Waals surface area (Å²) in [7, 11) is 2.14. The Morgan fingerprint density at radius 2 is 2.08 bits per heavy atom. The van der Waals surface area contributed by atoms with E-state index in [1.807, 2.05) is 0 Å². The van der Waals surface area contributed by atoms with E-state index >= 15 is 0 Å². The van der Waals surface area contributed by atoms with E-state index in [2.05, 4.69) is 65.7 Å². The highest BCUT2D eigenvalue weighted by Gasteiger charge is 2.21. The summed E-state index contributed by atoms with van der Waals surface area (Å²) in [6.07, 6.45) is 4.23. The van der Waals surface area contributed by atoms with Crippen molar-refractivity contribution in [3.63, 3.8) is 0 Å². The van der Waals surface area contributed by atoms with E-state index in [1.165, 1.54) is 34.0 Å². The second kappa shape index (κ2) is 7.45. The maximum atomic E-state index is 6.28. The van der Waals surface area contributed by atoms with E-state index in [0.29, 0.717) is 5.88 Å². The molecular formula is C19H25N3OS. The quantitative estimate of drug-likeness (QED) is 0.806. The fourth-order valence-electron chi connectivity index (χ4n) is 3.01. The van der Waals surface area contributed by atoms with Crippen molar-refractivity contribution in [2.45, 2.75) is 39.7 Å². The lowest BCUT2D eigenvalue weighted by molar-refractivity contribution is 0.193. The highest BCUT2D eigenvalue weighted by atomic mass is 32.1. The summed E-state index contributed by atoms with van der Waals surface area (Å²) in [5.41, 5.74) is 5.94. The molecule has 4 nitrogen and oxygen atoms in total. The first kappa shape index (κ1) is 17.1. The average molecular weight is 343 g/mol. The molecule has 1 aliphatic heterocycles. The average Bonchev–Trinajstić information content (AvgIpc) is 3.03. The molecule has 1 aromatic heterocycles. The molecule has 3 rings (SSSR count). The Bertz CT molecular complexity index is 738. The zero-order valence-electron chi connectivity index (χ0n) is 14.9. The van der Waals surface area contributed by atoms with Gasteiger partial charge in [0.15, 0.2) is 0 Å². The van der Waals surface area contributed by atoms with Crippen LogP contribution in [0.25, 0.3) is 5.57 Å². The van der Waals surface area contributed by atoms with Crippen LogP contribution >= 0.6 is 11.7 Å². The SMILES string of the molecule is CCC(Oc1nsnc1C1=CCCN(C)C1)c1ccc(C)c(C)c1. The number of nitrogens with zero attached hydrogens (tertiary/aromatic N) is 3. The van der Waals surface area contributed by atoms with Crippen molar-refractivity contribution in [2.75, 3.05) is 20.1 Å². The summed E-state index contributed by atoms with van der Waals surface area (Å²) in [6, 6.07) is 6.54. The molecule has 2 heterocycles. The molecule has 1 atom stereocenters. The Hall–Kier alpha value is -1.72. The molecule has 0 aliphatic carbocycles. The summed E-state index contributed by atoms with van der Waals surface area (Å²) in [4.78, 5) is 2.30. The number of aryl methyl sites for hydroxylation is 2. The van der Waals surface area contributed by atoms with Crippen LogP contribution in [0.5, 0.6) is 5.88 Å². The van der Waals surface area contributed by atoms with Gasteiger partial charge < -0.3 is 9.64 Å². The molecule has 5 heteroatoms. The van der Waals surface area contributed by atoms with E-state index in [4.69, 9.17) is 4.74 Å². The number of hydrogen-bond acceptors (Lipinski definition) is 5. The third kappa shape index (κ3) is 3.68.